The van der Waals surface area contributed by atoms with Crippen molar-refractivity contribution in [3.63, 3.8) is 0 Å². The van der Waals surface area contributed by atoms with Crippen LogP contribution in [-0.4, -0.2) is 82.5 Å². The van der Waals surface area contributed by atoms with Crippen LogP contribution in [0.1, 0.15) is 18.2 Å². The molecule has 4 rings (SSSR count). The number of aromatic nitrogens is 3. The van der Waals surface area contributed by atoms with Gasteiger partial charge < -0.3 is 10.4 Å². The van der Waals surface area contributed by atoms with Gasteiger partial charge in [0.1, 0.15) is 11.3 Å². The molecule has 1 fully saturated rings. The first-order valence-electron chi connectivity index (χ1n) is 10.7. The van der Waals surface area contributed by atoms with Crippen molar-refractivity contribution >= 4 is 71.6 Å². The predicted octanol–water partition coefficient (Wildman–Crippen LogP) is 4.03. The van der Waals surface area contributed by atoms with Gasteiger partial charge in [0.25, 0.3) is 10.0 Å². The molecule has 0 aliphatic carbocycles. The average molecular weight is 600 g/mol. The molecule has 0 radical (unpaired) electrons. The number of alkyl halides is 3. The Morgan fingerprint density at radius 3 is 2.54 bits per heavy atom. The Labute approximate surface area is 222 Å². The molecule has 0 unspecified atom stereocenters. The van der Waals surface area contributed by atoms with Gasteiger partial charge in [0.05, 0.1) is 16.0 Å². The third-order valence-electron chi connectivity index (χ3n) is 5.48. The molecule has 1 aliphatic rings. The van der Waals surface area contributed by atoms with Crippen molar-refractivity contribution in [2.24, 2.45) is 0 Å². The fourth-order valence-corrected chi connectivity index (χ4v) is 7.99. The van der Waals surface area contributed by atoms with E-state index < -0.39 is 27.9 Å². The van der Waals surface area contributed by atoms with Crippen LogP contribution in [0.25, 0.3) is 10.2 Å². The number of carboxylic acid groups (broad SMARTS) is 1. The van der Waals surface area contributed by atoms with Crippen LogP contribution in [0.2, 0.25) is 5.28 Å². The zero-order valence-electron chi connectivity index (χ0n) is 19.3. The lowest BCUT2D eigenvalue weighted by Gasteiger charge is -2.35. The van der Waals surface area contributed by atoms with Crippen LogP contribution in [0.4, 0.5) is 28.9 Å². The minimum atomic E-state index is -4.56. The maximum absolute atomic E-state index is 13.3. The van der Waals surface area contributed by atoms with E-state index in [-0.39, 0.29) is 55.5 Å². The van der Waals surface area contributed by atoms with E-state index >= 15 is 0 Å². The van der Waals surface area contributed by atoms with Gasteiger partial charge in [-0.25, -0.2) is 23.2 Å². The Kier molecular flexibility index (Phi) is 7.83. The lowest BCUT2D eigenvalue weighted by Crippen LogP contribution is -2.50. The first kappa shape index (κ1) is 27.7. The second kappa shape index (κ2) is 10.5. The second-order valence-corrected chi connectivity index (χ2v) is 12.6. The Hall–Kier alpha value is -2.31. The predicted molar refractivity (Wildman–Crippen MR) is 134 cm³/mol. The summed E-state index contributed by atoms with van der Waals surface area (Å²) in [5.74, 6) is 0.204. The fourth-order valence-electron chi connectivity index (χ4n) is 3.89. The quantitative estimate of drug-likeness (QED) is 0.343. The van der Waals surface area contributed by atoms with E-state index in [0.29, 0.717) is 19.6 Å². The Balaban J connectivity index is 1.39. The Morgan fingerprint density at radius 1 is 1.24 bits per heavy atom. The van der Waals surface area contributed by atoms with Crippen molar-refractivity contribution in [1.82, 2.24) is 24.2 Å². The number of halogens is 4. The zero-order chi connectivity index (χ0) is 27.1. The highest BCUT2D eigenvalue weighted by Gasteiger charge is 2.36. The molecule has 1 aliphatic heterocycles. The SMILES string of the molecule is Cc1nc(NC(=O)O)sc1S(=O)(=O)N1CCN(C[C@H](C)Nc2nc(Cl)nc3c(C(F)(F)F)csc23)CC1. The molecule has 202 valence electrons. The number of aryl methyl sites for hydroxylation is 1. The van der Waals surface area contributed by atoms with E-state index in [0.717, 1.165) is 28.1 Å². The summed E-state index contributed by atoms with van der Waals surface area (Å²) in [6, 6.07) is -0.248. The van der Waals surface area contributed by atoms with Crippen molar-refractivity contribution in [2.45, 2.75) is 30.3 Å². The number of hydrogen-bond donors (Lipinski definition) is 3. The summed E-state index contributed by atoms with van der Waals surface area (Å²) in [4.78, 5) is 24.7. The summed E-state index contributed by atoms with van der Waals surface area (Å²) in [7, 11) is -3.85. The van der Waals surface area contributed by atoms with Gasteiger partial charge in [-0.05, 0) is 25.4 Å². The molecule has 0 aromatic carbocycles. The molecule has 0 bridgehead atoms. The lowest BCUT2D eigenvalue weighted by atomic mass is 10.2. The van der Waals surface area contributed by atoms with Crippen molar-refractivity contribution in [3.8, 4) is 0 Å². The summed E-state index contributed by atoms with van der Waals surface area (Å²) < 4.78 is 67.6. The van der Waals surface area contributed by atoms with Crippen molar-refractivity contribution in [2.75, 3.05) is 43.4 Å². The minimum absolute atomic E-state index is 0.0152. The van der Waals surface area contributed by atoms with Gasteiger partial charge in [0.2, 0.25) is 5.28 Å². The topological polar surface area (TPSA) is 141 Å². The van der Waals surface area contributed by atoms with Crippen molar-refractivity contribution in [3.05, 3.63) is 21.9 Å². The standard InChI is InChI=1S/C19H21ClF3N7O4S3/c1-9(24-14-13-12(26-16(20)27-14)11(8-35-13)19(21,22)23)7-29-3-5-30(6-4-29)37(33,34)15-10(2)25-17(36-15)28-18(31)32/h8-9H,3-7H2,1-2H3,(H,25,28)(H,31,32)(H,24,26,27)/t9-/m0/s1. The van der Waals surface area contributed by atoms with Gasteiger partial charge in [-0.2, -0.15) is 22.5 Å². The van der Waals surface area contributed by atoms with E-state index in [2.05, 4.69) is 25.6 Å². The van der Waals surface area contributed by atoms with Gasteiger partial charge in [0, 0.05) is 44.1 Å². The van der Waals surface area contributed by atoms with Gasteiger partial charge in [-0.15, -0.1) is 11.3 Å². The molecule has 37 heavy (non-hydrogen) atoms. The lowest BCUT2D eigenvalue weighted by molar-refractivity contribution is -0.136. The van der Waals surface area contributed by atoms with Gasteiger partial charge in [-0.1, -0.05) is 11.3 Å². The number of amides is 1. The number of nitrogens with zero attached hydrogens (tertiary/aromatic N) is 5. The third kappa shape index (κ3) is 6.06. The van der Waals surface area contributed by atoms with Crippen LogP contribution in [0.15, 0.2) is 9.59 Å². The maximum Gasteiger partial charge on any atom is 0.419 e. The normalized spacial score (nSPS) is 16.7. The van der Waals surface area contributed by atoms with E-state index in [4.69, 9.17) is 16.7 Å². The third-order valence-corrected chi connectivity index (χ3v) is 10.2. The highest BCUT2D eigenvalue weighted by atomic mass is 35.5. The number of thiophene rings is 1. The molecule has 1 atom stereocenters. The minimum Gasteiger partial charge on any atom is -0.465 e. The van der Waals surface area contributed by atoms with Gasteiger partial charge in [0.15, 0.2) is 9.34 Å². The first-order valence-corrected chi connectivity index (χ1v) is 14.3. The largest absolute Gasteiger partial charge is 0.465 e. The zero-order valence-corrected chi connectivity index (χ0v) is 22.5. The fraction of sp³-hybridized carbons (Fsp3) is 0.474. The van der Waals surface area contributed by atoms with Crippen molar-refractivity contribution in [1.29, 1.82) is 0 Å². The van der Waals surface area contributed by atoms with E-state index in [9.17, 15) is 26.4 Å². The van der Waals surface area contributed by atoms with Crippen LogP contribution in [0.3, 0.4) is 0 Å². The molecule has 3 aromatic heterocycles. The molecule has 11 nitrogen and oxygen atoms in total. The molecule has 3 aromatic rings. The molecule has 1 saturated heterocycles. The van der Waals surface area contributed by atoms with Gasteiger partial charge in [-0.3, -0.25) is 10.2 Å². The summed E-state index contributed by atoms with van der Waals surface area (Å²) >= 11 is 7.52. The number of anilines is 2. The van der Waals surface area contributed by atoms with Gasteiger partial charge >= 0.3 is 12.3 Å². The highest BCUT2D eigenvalue weighted by molar-refractivity contribution is 7.91. The Bertz CT molecular complexity index is 1420. The number of rotatable bonds is 7. The van der Waals surface area contributed by atoms with E-state index in [1.54, 1.807) is 0 Å². The molecule has 18 heteroatoms. The maximum atomic E-state index is 13.3. The van der Waals surface area contributed by atoms with Crippen LogP contribution in [0.5, 0.6) is 0 Å². The van der Waals surface area contributed by atoms with Crippen LogP contribution < -0.4 is 10.6 Å². The summed E-state index contributed by atoms with van der Waals surface area (Å²) in [6.07, 6.45) is -5.90. The summed E-state index contributed by atoms with van der Waals surface area (Å²) in [5, 5.41) is 14.7. The number of thiazole rings is 1. The average Bonchev–Trinajstić information content (AvgIpc) is 3.37. The molecule has 0 spiro atoms. The van der Waals surface area contributed by atoms with Crippen LogP contribution in [-0.2, 0) is 16.2 Å². The number of carbonyl (C=O) groups is 1. The number of sulfonamides is 1. The van der Waals surface area contributed by atoms with Crippen LogP contribution in [0, 0.1) is 6.92 Å². The number of piperazine rings is 1. The Morgan fingerprint density at radius 2 is 1.92 bits per heavy atom. The molecular formula is C19H21ClF3N7O4S3. The highest BCUT2D eigenvalue weighted by Crippen LogP contribution is 2.40. The number of nitrogens with one attached hydrogen (secondary N) is 2. The molecule has 3 N–H and O–H groups in total. The number of hydrogen-bond acceptors (Lipinski definition) is 10. The molecular weight excluding hydrogens is 579 g/mol. The van der Waals surface area contributed by atoms with Crippen LogP contribution >= 0.6 is 34.3 Å². The number of fused-ring (bicyclic) bond motifs is 1. The molecule has 4 heterocycles. The first-order chi connectivity index (χ1) is 17.3. The smallest absolute Gasteiger partial charge is 0.419 e. The second-order valence-electron chi connectivity index (χ2n) is 8.24. The van der Waals surface area contributed by atoms with Crippen molar-refractivity contribution < 1.29 is 31.5 Å². The van der Waals surface area contributed by atoms with E-state index in [1.165, 1.54) is 11.2 Å². The summed E-state index contributed by atoms with van der Waals surface area (Å²) in [5.41, 5.74) is -0.913. The monoisotopic (exact) mass is 599 g/mol. The summed E-state index contributed by atoms with van der Waals surface area (Å²) in [6.45, 7) is 5.05. The molecule has 1 amide bonds. The molecule has 0 saturated carbocycles. The van der Waals surface area contributed by atoms with E-state index in [1.807, 2.05) is 11.8 Å².